The second kappa shape index (κ2) is 19.9. The Balaban J connectivity index is 0.00000533. The smallest absolute Gasteiger partial charge is 0.0360 e. The van der Waals surface area contributed by atoms with Gasteiger partial charge in [-0.1, -0.05) is 139 Å². The number of aryl methyl sites for hydroxylation is 4. The Kier molecular flexibility index (Phi) is 12.8. The molecule has 0 bridgehead atoms. The van der Waals surface area contributed by atoms with E-state index >= 15 is 0 Å². The number of nitrogens with zero attached hydrogens (tertiary/aromatic N) is 4. The van der Waals surface area contributed by atoms with Crippen LogP contribution in [0.4, 0.5) is 17.1 Å². The largest absolute Gasteiger partial charge is 0.504 e. The van der Waals surface area contributed by atoms with Crippen LogP contribution in [0.15, 0.2) is 207 Å². The number of hydrogen-bond donors (Lipinski definition) is 0. The molecule has 0 fully saturated rings. The van der Waals surface area contributed by atoms with E-state index in [4.69, 9.17) is 4.98 Å². The molecule has 0 saturated heterocycles. The maximum absolute atomic E-state index is 4.74. The van der Waals surface area contributed by atoms with Crippen LogP contribution in [0, 0.1) is 24.9 Å². The summed E-state index contributed by atoms with van der Waals surface area (Å²) in [6.07, 6.45) is 7.29. The second-order valence-electron chi connectivity index (χ2n) is 17.8. The number of rotatable bonds is 12. The molecule has 0 atom stereocenters. The van der Waals surface area contributed by atoms with E-state index in [9.17, 15) is 0 Å². The average molecular weight is 1100 g/mol. The summed E-state index contributed by atoms with van der Waals surface area (Å²) < 4.78 is 2.58. The van der Waals surface area contributed by atoms with Gasteiger partial charge in [0.05, 0.1) is 0 Å². The van der Waals surface area contributed by atoms with Crippen molar-refractivity contribution < 1.29 is 20.1 Å². The third-order valence-corrected chi connectivity index (χ3v) is 14.4. The minimum absolute atomic E-state index is 0. The van der Waals surface area contributed by atoms with E-state index in [1.54, 1.807) is 0 Å². The van der Waals surface area contributed by atoms with Gasteiger partial charge in [0.25, 0.3) is 0 Å². The summed E-state index contributed by atoms with van der Waals surface area (Å²) in [5.74, 6) is 0. The number of benzene rings is 8. The standard InChI is InChI=1S/C64H46N4S.Ir/c1-67-43-68(62-18-6-5-17-61(62)67)52-32-26-45(27-33-52)21-23-47-38-46(22-20-44-24-28-48(29-25-44)59-15-8-10-36-65-59)39-51(40-47)53-12-2-3-13-54(53)55-34-31-50(60-16-9-11-37-66-60)41-58(55)49-30-35-57-56-14-4-7-19-63(56)69-64(57)42-49;/h2-19,24-28,30,32,34-43H,20-23H2,1H3;/q-4;. The van der Waals surface area contributed by atoms with Crippen LogP contribution in [0.25, 0.3) is 76.1 Å². The first-order valence-corrected chi connectivity index (χ1v) is 24.4. The molecule has 0 aliphatic carbocycles. The molecule has 12 rings (SSSR count). The van der Waals surface area contributed by atoms with E-state index in [0.29, 0.717) is 0 Å². The molecule has 3 aromatic heterocycles. The number of thiophene rings is 1. The Morgan fingerprint density at radius 3 is 1.80 bits per heavy atom. The molecule has 1 aliphatic rings. The first kappa shape index (κ1) is 45.0. The normalized spacial score (nSPS) is 12.1. The van der Waals surface area contributed by atoms with Crippen LogP contribution in [-0.2, 0) is 45.8 Å². The van der Waals surface area contributed by atoms with Gasteiger partial charge in [-0.25, -0.2) is 0 Å². The van der Waals surface area contributed by atoms with Crippen molar-refractivity contribution >= 4 is 48.6 Å². The Labute approximate surface area is 428 Å². The van der Waals surface area contributed by atoms with E-state index in [2.05, 4.69) is 210 Å². The Morgan fingerprint density at radius 2 is 1.09 bits per heavy atom. The third-order valence-electron chi connectivity index (χ3n) is 13.3. The van der Waals surface area contributed by atoms with Crippen LogP contribution in [0.2, 0.25) is 0 Å². The summed E-state index contributed by atoms with van der Waals surface area (Å²) >= 11 is 1.85. The van der Waals surface area contributed by atoms with Crippen LogP contribution in [0.3, 0.4) is 0 Å². The molecule has 0 saturated carbocycles. The number of para-hydroxylation sites is 2. The first-order chi connectivity index (χ1) is 34.1. The fourth-order valence-corrected chi connectivity index (χ4v) is 10.9. The summed E-state index contributed by atoms with van der Waals surface area (Å²) in [6.45, 7) is 2.13. The van der Waals surface area contributed by atoms with Crippen LogP contribution >= 0.6 is 11.3 Å². The van der Waals surface area contributed by atoms with Crippen molar-refractivity contribution in [2.75, 3.05) is 16.8 Å². The molecule has 341 valence electrons. The van der Waals surface area contributed by atoms with Crippen LogP contribution in [-0.4, -0.2) is 17.0 Å². The number of pyridine rings is 2. The molecule has 8 aromatic carbocycles. The summed E-state index contributed by atoms with van der Waals surface area (Å²) in [7, 11) is 2.09. The van der Waals surface area contributed by atoms with Crippen LogP contribution in [0.1, 0.15) is 22.3 Å². The van der Waals surface area contributed by atoms with Gasteiger partial charge in [0, 0.05) is 64.0 Å². The minimum atomic E-state index is 0. The molecule has 4 nitrogen and oxygen atoms in total. The van der Waals surface area contributed by atoms with Crippen LogP contribution < -0.4 is 9.80 Å². The zero-order chi connectivity index (χ0) is 46.1. The molecule has 70 heavy (non-hydrogen) atoms. The first-order valence-electron chi connectivity index (χ1n) is 23.6. The number of aromatic nitrogens is 2. The summed E-state index contributed by atoms with van der Waals surface area (Å²) in [6, 6.07) is 80.7. The van der Waals surface area contributed by atoms with E-state index < -0.39 is 0 Å². The van der Waals surface area contributed by atoms with Gasteiger partial charge < -0.3 is 19.8 Å². The number of fused-ring (bicyclic) bond motifs is 4. The molecule has 0 unspecified atom stereocenters. The van der Waals surface area contributed by atoms with Gasteiger partial charge in [0.2, 0.25) is 0 Å². The maximum Gasteiger partial charge on any atom is 0.0360 e. The number of anilines is 3. The van der Waals surface area contributed by atoms with Crippen molar-refractivity contribution in [1.29, 1.82) is 0 Å². The maximum atomic E-state index is 4.74. The molecule has 11 aromatic rings. The van der Waals surface area contributed by atoms with Crippen molar-refractivity contribution in [2.24, 2.45) is 0 Å². The SMILES string of the molecule is CN1[CH-]N(c2[c-]cc(CCc3cc(CCc4c[c-]c(-c5ccccn5)cc4)cc(-c4ccccc4-c4c[c-]c(-c5ccccn5)cc4-c4ccc5c(c4)sc4ccccc45)c3)cc2)c2ccccc21.[Ir]. The molecule has 6 heteroatoms. The monoisotopic (exact) mass is 1100 g/mol. The fourth-order valence-electron chi connectivity index (χ4n) is 9.77. The Bertz CT molecular complexity index is 3610. The Morgan fingerprint density at radius 1 is 0.457 bits per heavy atom. The zero-order valence-corrected chi connectivity index (χ0v) is 41.8. The van der Waals surface area contributed by atoms with Gasteiger partial charge in [0.1, 0.15) is 0 Å². The summed E-state index contributed by atoms with van der Waals surface area (Å²) in [5, 5.41) is 2.59. The third kappa shape index (κ3) is 9.10. The quantitative estimate of drug-likeness (QED) is 0.114. The molecule has 1 aliphatic heterocycles. The summed E-state index contributed by atoms with van der Waals surface area (Å²) in [5.41, 5.74) is 19.4. The molecular formula is C64H46IrN4S-4. The second-order valence-corrected chi connectivity index (χ2v) is 18.9. The number of hydrogen-bond acceptors (Lipinski definition) is 5. The molecule has 0 amide bonds. The van der Waals surface area contributed by atoms with Crippen molar-refractivity contribution in [3.8, 4) is 55.9 Å². The van der Waals surface area contributed by atoms with E-state index in [1.165, 1.54) is 76.1 Å². The molecule has 0 spiro atoms. The van der Waals surface area contributed by atoms with E-state index in [-0.39, 0.29) is 20.1 Å². The van der Waals surface area contributed by atoms with Gasteiger partial charge in [-0.3, -0.25) is 0 Å². The van der Waals surface area contributed by atoms with Gasteiger partial charge in [0.15, 0.2) is 0 Å². The van der Waals surface area contributed by atoms with Crippen LogP contribution in [0.5, 0.6) is 0 Å². The van der Waals surface area contributed by atoms with Crippen molar-refractivity contribution in [2.45, 2.75) is 25.7 Å². The van der Waals surface area contributed by atoms with Gasteiger partial charge in [-0.2, -0.15) is 30.4 Å². The molecule has 4 heterocycles. The van der Waals surface area contributed by atoms with Gasteiger partial charge in [-0.15, -0.1) is 82.2 Å². The minimum Gasteiger partial charge on any atom is -0.504 e. The zero-order valence-electron chi connectivity index (χ0n) is 38.6. The topological polar surface area (TPSA) is 32.3 Å². The molecular weight excluding hydrogens is 1050 g/mol. The predicted octanol–water partition coefficient (Wildman–Crippen LogP) is 15.9. The molecule has 1 radical (unpaired) electrons. The van der Waals surface area contributed by atoms with Gasteiger partial charge >= 0.3 is 0 Å². The van der Waals surface area contributed by atoms with Gasteiger partial charge in [-0.05, 0) is 95.5 Å². The molecule has 0 N–H and O–H groups in total. The van der Waals surface area contributed by atoms with Crippen molar-refractivity contribution in [3.63, 3.8) is 0 Å². The van der Waals surface area contributed by atoms with Crippen molar-refractivity contribution in [1.82, 2.24) is 9.97 Å². The van der Waals surface area contributed by atoms with E-state index in [0.717, 1.165) is 65.0 Å². The average Bonchev–Trinajstić information content (AvgIpc) is 3.97. The van der Waals surface area contributed by atoms with Crippen molar-refractivity contribution in [3.05, 3.63) is 254 Å². The summed E-state index contributed by atoms with van der Waals surface area (Å²) in [4.78, 5) is 13.7. The predicted molar refractivity (Wildman–Crippen MR) is 288 cm³/mol. The fraction of sp³-hybridized carbons (Fsp3) is 0.0781. The Hall–Kier alpha value is -7.47. The van der Waals surface area contributed by atoms with E-state index in [1.807, 2.05) is 54.1 Å².